The van der Waals surface area contributed by atoms with Gasteiger partial charge in [-0.05, 0) is 76.0 Å². The number of carbonyl (C=O) groups excluding carboxylic acids is 1. The molecule has 1 heterocycles. The van der Waals surface area contributed by atoms with E-state index >= 15 is 0 Å². The first-order valence-electron chi connectivity index (χ1n) is 9.23. The fourth-order valence-corrected chi connectivity index (χ4v) is 7.06. The van der Waals surface area contributed by atoms with Crippen molar-refractivity contribution in [3.8, 4) is 0 Å². The van der Waals surface area contributed by atoms with Crippen molar-refractivity contribution in [1.82, 2.24) is 14.8 Å². The number of carbonyl (C=O) groups is 1. The Balaban J connectivity index is 1.34. The summed E-state index contributed by atoms with van der Waals surface area (Å²) >= 11 is 1.64. The molecule has 23 heavy (non-hydrogen) atoms. The molecule has 1 atom stereocenters. The predicted molar refractivity (Wildman–Crippen MR) is 89.2 cm³/mol. The van der Waals surface area contributed by atoms with Gasteiger partial charge in [0, 0.05) is 11.5 Å². The van der Waals surface area contributed by atoms with Gasteiger partial charge in [0.2, 0.25) is 0 Å². The van der Waals surface area contributed by atoms with Crippen LogP contribution in [0.3, 0.4) is 0 Å². The third-order valence-electron chi connectivity index (χ3n) is 6.69. The van der Waals surface area contributed by atoms with Crippen molar-refractivity contribution in [2.45, 2.75) is 74.7 Å². The molecule has 5 aliphatic carbocycles. The summed E-state index contributed by atoms with van der Waals surface area (Å²) in [4.78, 5) is 13.3. The van der Waals surface area contributed by atoms with Crippen LogP contribution in [0, 0.1) is 23.2 Å². The molecule has 0 spiro atoms. The van der Waals surface area contributed by atoms with Crippen molar-refractivity contribution >= 4 is 17.5 Å². The second-order valence-corrected chi connectivity index (χ2v) is 9.88. The number of aromatic nitrogens is 3. The van der Waals surface area contributed by atoms with Crippen LogP contribution in [0.4, 0.5) is 0 Å². The molecule has 5 fully saturated rings. The van der Waals surface area contributed by atoms with E-state index in [0.29, 0.717) is 11.8 Å². The lowest BCUT2D eigenvalue weighted by atomic mass is 9.48. The average Bonchev–Trinajstić information content (AvgIpc) is 3.25. The Morgan fingerprint density at radius 3 is 2.39 bits per heavy atom. The number of hydrogen-bond acceptors (Lipinski definition) is 4. The number of thioether (sulfide) groups is 1. The van der Waals surface area contributed by atoms with Crippen molar-refractivity contribution in [1.29, 1.82) is 0 Å². The normalized spacial score (nSPS) is 39.6. The van der Waals surface area contributed by atoms with E-state index < -0.39 is 0 Å². The maximum atomic E-state index is 13.3. The lowest BCUT2D eigenvalue weighted by Crippen LogP contribution is -2.51. The van der Waals surface area contributed by atoms with Crippen LogP contribution in [0.5, 0.6) is 0 Å². The number of hydrogen-bond donors (Lipinski definition) is 0. The highest BCUT2D eigenvalue weighted by Gasteiger charge is 2.55. The molecule has 6 rings (SSSR count). The molecule has 0 radical (unpaired) electrons. The number of nitrogens with zero attached hydrogens (tertiary/aromatic N) is 3. The minimum Gasteiger partial charge on any atom is -0.306 e. The minimum absolute atomic E-state index is 0.00555. The van der Waals surface area contributed by atoms with Crippen molar-refractivity contribution < 1.29 is 4.79 Å². The van der Waals surface area contributed by atoms with E-state index in [-0.39, 0.29) is 10.7 Å². The third kappa shape index (κ3) is 2.38. The summed E-state index contributed by atoms with van der Waals surface area (Å²) in [5.41, 5.74) is 0.00555. The second-order valence-electron chi connectivity index (χ2n) is 8.57. The third-order valence-corrected chi connectivity index (χ3v) is 7.76. The fourth-order valence-electron chi connectivity index (χ4n) is 5.97. The van der Waals surface area contributed by atoms with Gasteiger partial charge in [-0.1, -0.05) is 11.8 Å². The molecule has 0 aromatic carbocycles. The van der Waals surface area contributed by atoms with E-state index in [1.54, 1.807) is 11.8 Å². The fraction of sp³-hybridized carbons (Fsp3) is 0.833. The predicted octanol–water partition coefficient (Wildman–Crippen LogP) is 3.88. The van der Waals surface area contributed by atoms with Crippen molar-refractivity contribution in [2.24, 2.45) is 23.2 Å². The first kappa shape index (κ1) is 14.5. The van der Waals surface area contributed by atoms with Gasteiger partial charge in [-0.2, -0.15) is 0 Å². The van der Waals surface area contributed by atoms with Crippen LogP contribution in [-0.2, 0) is 4.79 Å². The first-order chi connectivity index (χ1) is 11.1. The van der Waals surface area contributed by atoms with Crippen LogP contribution in [0.1, 0.15) is 64.3 Å². The van der Waals surface area contributed by atoms with Gasteiger partial charge in [-0.15, -0.1) is 10.2 Å². The van der Waals surface area contributed by atoms with E-state index in [2.05, 4.69) is 21.7 Å². The standard InChI is InChI=1S/C18H25N3OS/c1-11(23-17-20-19-10-21(17)15-2-3-15)16(22)18-7-12-4-13(8-18)6-14(5-12)9-18/h10-15H,2-9H2,1H3. The Morgan fingerprint density at radius 1 is 1.22 bits per heavy atom. The molecule has 124 valence electrons. The van der Waals surface area contributed by atoms with E-state index in [9.17, 15) is 4.79 Å². The van der Waals surface area contributed by atoms with Crippen LogP contribution in [0.2, 0.25) is 0 Å². The smallest absolute Gasteiger partial charge is 0.191 e. The van der Waals surface area contributed by atoms with E-state index in [0.717, 1.165) is 22.9 Å². The number of ketones is 1. The molecule has 4 nitrogen and oxygen atoms in total. The molecule has 0 aliphatic heterocycles. The quantitative estimate of drug-likeness (QED) is 0.768. The lowest BCUT2D eigenvalue weighted by Gasteiger charge is -2.56. The van der Waals surface area contributed by atoms with Gasteiger partial charge in [0.05, 0.1) is 5.25 Å². The van der Waals surface area contributed by atoms with Gasteiger partial charge in [0.15, 0.2) is 10.9 Å². The average molecular weight is 331 g/mol. The summed E-state index contributed by atoms with van der Waals surface area (Å²) in [5, 5.41) is 9.29. The van der Waals surface area contributed by atoms with Crippen LogP contribution in [-0.4, -0.2) is 25.8 Å². The van der Waals surface area contributed by atoms with Crippen molar-refractivity contribution in [2.75, 3.05) is 0 Å². The molecular formula is C18H25N3OS. The second kappa shape index (κ2) is 5.08. The highest BCUT2D eigenvalue weighted by atomic mass is 32.2. The zero-order chi connectivity index (χ0) is 15.6. The molecule has 1 aromatic rings. The Labute approximate surface area is 141 Å². The summed E-state index contributed by atoms with van der Waals surface area (Å²) in [6.45, 7) is 2.09. The molecule has 5 heteroatoms. The molecule has 1 aromatic heterocycles. The van der Waals surface area contributed by atoms with E-state index in [4.69, 9.17) is 0 Å². The summed E-state index contributed by atoms with van der Waals surface area (Å²) in [5.74, 6) is 3.00. The maximum absolute atomic E-state index is 13.3. The number of rotatable bonds is 5. The molecule has 1 unspecified atom stereocenters. The molecule has 0 saturated heterocycles. The SMILES string of the molecule is CC(Sc1nncn1C1CC1)C(=O)C12CC3CC(CC(C3)C1)C2. The summed E-state index contributed by atoms with van der Waals surface area (Å²) in [6, 6.07) is 0.578. The minimum atomic E-state index is 0.00555. The Morgan fingerprint density at radius 2 is 1.83 bits per heavy atom. The van der Waals surface area contributed by atoms with Gasteiger partial charge < -0.3 is 4.57 Å². The summed E-state index contributed by atoms with van der Waals surface area (Å²) in [7, 11) is 0. The lowest BCUT2D eigenvalue weighted by molar-refractivity contribution is -0.142. The molecule has 0 amide bonds. The molecule has 5 aliphatic rings. The summed E-state index contributed by atoms with van der Waals surface area (Å²) < 4.78 is 2.17. The Kier molecular flexibility index (Phi) is 3.20. The zero-order valence-electron chi connectivity index (χ0n) is 13.8. The first-order valence-corrected chi connectivity index (χ1v) is 10.1. The van der Waals surface area contributed by atoms with Gasteiger partial charge in [-0.3, -0.25) is 4.79 Å². The monoisotopic (exact) mass is 331 g/mol. The summed E-state index contributed by atoms with van der Waals surface area (Å²) in [6.07, 6.45) is 12.0. The highest BCUT2D eigenvalue weighted by molar-refractivity contribution is 8.00. The van der Waals surface area contributed by atoms with Crippen molar-refractivity contribution in [3.05, 3.63) is 6.33 Å². The van der Waals surface area contributed by atoms with Gasteiger partial charge in [0.25, 0.3) is 0 Å². The molecule has 4 bridgehead atoms. The zero-order valence-corrected chi connectivity index (χ0v) is 14.6. The molecule has 5 saturated carbocycles. The van der Waals surface area contributed by atoms with Crippen LogP contribution >= 0.6 is 11.8 Å². The van der Waals surface area contributed by atoms with Gasteiger partial charge in [-0.25, -0.2) is 0 Å². The highest BCUT2D eigenvalue weighted by Crippen LogP contribution is 2.61. The Hall–Kier alpha value is -0.840. The Bertz CT molecular complexity index is 601. The molecule has 0 N–H and O–H groups in total. The van der Waals surface area contributed by atoms with Crippen LogP contribution in [0.25, 0.3) is 0 Å². The molecular weight excluding hydrogens is 306 g/mol. The van der Waals surface area contributed by atoms with E-state index in [1.165, 1.54) is 51.4 Å². The van der Waals surface area contributed by atoms with Crippen LogP contribution in [0.15, 0.2) is 11.5 Å². The maximum Gasteiger partial charge on any atom is 0.191 e. The van der Waals surface area contributed by atoms with Gasteiger partial charge >= 0.3 is 0 Å². The topological polar surface area (TPSA) is 47.8 Å². The van der Waals surface area contributed by atoms with Crippen molar-refractivity contribution in [3.63, 3.8) is 0 Å². The van der Waals surface area contributed by atoms with E-state index in [1.807, 2.05) is 6.33 Å². The van der Waals surface area contributed by atoms with Gasteiger partial charge in [0.1, 0.15) is 6.33 Å². The number of Topliss-reactive ketones (excluding diaryl/α,β-unsaturated/α-hetero) is 1. The largest absolute Gasteiger partial charge is 0.306 e. The van der Waals surface area contributed by atoms with Crippen LogP contribution < -0.4 is 0 Å².